The average molecular weight is 297 g/mol. The van der Waals surface area contributed by atoms with Crippen LogP contribution in [0.15, 0.2) is 48.9 Å². The van der Waals surface area contributed by atoms with Gasteiger partial charge >= 0.3 is 5.97 Å². The fraction of sp³-hybridized carbons (Fsp3) is 0.0625. The monoisotopic (exact) mass is 297 g/mol. The first-order valence-electron chi connectivity index (χ1n) is 6.53. The molecule has 110 valence electrons. The number of carbonyl (C=O) groups is 1. The number of aromatic nitrogens is 3. The molecule has 22 heavy (non-hydrogen) atoms. The van der Waals surface area contributed by atoms with Crippen molar-refractivity contribution in [2.45, 2.75) is 0 Å². The molecule has 0 radical (unpaired) electrons. The summed E-state index contributed by atoms with van der Waals surface area (Å²) >= 11 is 0. The number of halogens is 1. The first kappa shape index (κ1) is 13.9. The van der Waals surface area contributed by atoms with Gasteiger partial charge in [-0.15, -0.1) is 0 Å². The second-order valence-electron chi connectivity index (χ2n) is 4.79. The van der Waals surface area contributed by atoms with E-state index in [1.807, 2.05) is 7.05 Å². The molecule has 2 aromatic heterocycles. The second-order valence-corrected chi connectivity index (χ2v) is 4.79. The topological polar surface area (TPSA) is 68.0 Å². The van der Waals surface area contributed by atoms with Gasteiger partial charge in [0.25, 0.3) is 0 Å². The molecule has 3 aromatic rings. The molecule has 0 aliphatic rings. The number of carboxylic acids is 1. The maximum atomic E-state index is 13.1. The van der Waals surface area contributed by atoms with Gasteiger partial charge in [0, 0.05) is 18.8 Å². The number of benzene rings is 1. The Labute approximate surface area is 125 Å². The predicted molar refractivity (Wildman–Crippen MR) is 78.8 cm³/mol. The lowest BCUT2D eigenvalue weighted by atomic mass is 10.1. The Morgan fingerprint density at radius 2 is 1.91 bits per heavy atom. The first-order chi connectivity index (χ1) is 10.6. The van der Waals surface area contributed by atoms with Crippen molar-refractivity contribution in [3.05, 3.63) is 60.3 Å². The number of imidazole rings is 1. The third-order valence-electron chi connectivity index (χ3n) is 3.30. The molecular weight excluding hydrogens is 285 g/mol. The Hall–Kier alpha value is -3.02. The summed E-state index contributed by atoms with van der Waals surface area (Å²) in [5.74, 6) is -1.35. The van der Waals surface area contributed by atoms with Gasteiger partial charge in [-0.3, -0.25) is 4.98 Å². The molecule has 0 bridgehead atoms. The maximum Gasteiger partial charge on any atom is 0.335 e. The Morgan fingerprint density at radius 1 is 1.18 bits per heavy atom. The van der Waals surface area contributed by atoms with Crippen molar-refractivity contribution in [1.82, 2.24) is 14.5 Å². The molecular formula is C16H12FN3O2. The van der Waals surface area contributed by atoms with Gasteiger partial charge in [-0.2, -0.15) is 0 Å². The zero-order chi connectivity index (χ0) is 15.7. The highest BCUT2D eigenvalue weighted by molar-refractivity contribution is 5.89. The van der Waals surface area contributed by atoms with Crippen LogP contribution in [-0.4, -0.2) is 25.6 Å². The molecule has 0 atom stereocenters. The van der Waals surface area contributed by atoms with E-state index < -0.39 is 5.97 Å². The lowest BCUT2D eigenvalue weighted by Gasteiger charge is -2.07. The number of rotatable bonds is 3. The van der Waals surface area contributed by atoms with Crippen LogP contribution in [0.3, 0.4) is 0 Å². The largest absolute Gasteiger partial charge is 0.478 e. The summed E-state index contributed by atoms with van der Waals surface area (Å²) in [6, 6.07) is 8.93. The van der Waals surface area contributed by atoms with Gasteiger partial charge in [0.15, 0.2) is 0 Å². The van der Waals surface area contributed by atoms with Crippen molar-refractivity contribution in [3.8, 4) is 22.6 Å². The quantitative estimate of drug-likeness (QED) is 0.807. The molecule has 0 amide bonds. The third-order valence-corrected chi connectivity index (χ3v) is 3.30. The minimum absolute atomic E-state index is 0.140. The van der Waals surface area contributed by atoms with Crippen LogP contribution >= 0.6 is 0 Å². The Kier molecular flexibility index (Phi) is 3.42. The zero-order valence-corrected chi connectivity index (χ0v) is 11.7. The number of aromatic carboxylic acids is 1. The number of hydrogen-bond acceptors (Lipinski definition) is 3. The second kappa shape index (κ2) is 5.40. The molecule has 5 nitrogen and oxygen atoms in total. The van der Waals surface area contributed by atoms with Gasteiger partial charge < -0.3 is 9.67 Å². The zero-order valence-electron chi connectivity index (χ0n) is 11.7. The predicted octanol–water partition coefficient (Wildman–Crippen LogP) is 2.99. The van der Waals surface area contributed by atoms with Crippen molar-refractivity contribution in [1.29, 1.82) is 0 Å². The van der Waals surface area contributed by atoms with Gasteiger partial charge in [0.1, 0.15) is 11.5 Å². The third kappa shape index (κ3) is 2.46. The Bertz CT molecular complexity index is 841. The highest BCUT2D eigenvalue weighted by Gasteiger charge is 2.16. The van der Waals surface area contributed by atoms with E-state index in [4.69, 9.17) is 5.11 Å². The molecule has 0 fully saturated rings. The number of hydrogen-bond donors (Lipinski definition) is 1. The lowest BCUT2D eigenvalue weighted by molar-refractivity contribution is 0.0697. The standard InChI is InChI=1S/C16H12FN3O2/c1-20-9-19-14(13-8-11(16(21)22)6-7-18-13)15(20)10-2-4-12(17)5-3-10/h2-9H,1H3,(H,21,22). The fourth-order valence-corrected chi connectivity index (χ4v) is 2.26. The number of pyridine rings is 1. The van der Waals surface area contributed by atoms with Crippen LogP contribution in [0, 0.1) is 5.82 Å². The highest BCUT2D eigenvalue weighted by atomic mass is 19.1. The lowest BCUT2D eigenvalue weighted by Crippen LogP contribution is -1.98. The van der Waals surface area contributed by atoms with Gasteiger partial charge in [-0.25, -0.2) is 14.2 Å². The van der Waals surface area contributed by atoms with Gasteiger partial charge in [0.05, 0.1) is 23.3 Å². The molecule has 3 rings (SSSR count). The minimum atomic E-state index is -1.03. The maximum absolute atomic E-state index is 13.1. The van der Waals surface area contributed by atoms with Crippen molar-refractivity contribution in [2.24, 2.45) is 7.05 Å². The molecule has 0 saturated carbocycles. The van der Waals surface area contributed by atoms with E-state index in [-0.39, 0.29) is 11.4 Å². The fourth-order valence-electron chi connectivity index (χ4n) is 2.26. The van der Waals surface area contributed by atoms with E-state index >= 15 is 0 Å². The van der Waals surface area contributed by atoms with E-state index in [2.05, 4.69) is 9.97 Å². The highest BCUT2D eigenvalue weighted by Crippen LogP contribution is 2.29. The molecule has 0 spiro atoms. The number of aryl methyl sites for hydroxylation is 1. The van der Waals surface area contributed by atoms with E-state index in [0.717, 1.165) is 11.3 Å². The van der Waals surface area contributed by atoms with Crippen molar-refractivity contribution in [3.63, 3.8) is 0 Å². The van der Waals surface area contributed by atoms with Crippen molar-refractivity contribution >= 4 is 5.97 Å². The normalized spacial score (nSPS) is 10.6. The van der Waals surface area contributed by atoms with E-state index in [9.17, 15) is 9.18 Å². The van der Waals surface area contributed by atoms with E-state index in [0.29, 0.717) is 11.4 Å². The molecule has 0 aliphatic carbocycles. The molecule has 6 heteroatoms. The van der Waals surface area contributed by atoms with Crippen LogP contribution in [0.2, 0.25) is 0 Å². The smallest absolute Gasteiger partial charge is 0.335 e. The van der Waals surface area contributed by atoms with Crippen molar-refractivity contribution < 1.29 is 14.3 Å². The minimum Gasteiger partial charge on any atom is -0.478 e. The van der Waals surface area contributed by atoms with Crippen LogP contribution in [-0.2, 0) is 7.05 Å². The molecule has 1 aromatic carbocycles. The van der Waals surface area contributed by atoms with Crippen LogP contribution in [0.5, 0.6) is 0 Å². The molecule has 2 heterocycles. The van der Waals surface area contributed by atoms with Gasteiger partial charge in [-0.05, 0) is 36.4 Å². The Morgan fingerprint density at radius 3 is 2.59 bits per heavy atom. The summed E-state index contributed by atoms with van der Waals surface area (Å²) in [5, 5.41) is 9.08. The van der Waals surface area contributed by atoms with Crippen LogP contribution in [0.25, 0.3) is 22.6 Å². The van der Waals surface area contributed by atoms with E-state index in [1.54, 1.807) is 23.0 Å². The summed E-state index contributed by atoms with van der Waals surface area (Å²) in [7, 11) is 1.82. The molecule has 0 aliphatic heterocycles. The summed E-state index contributed by atoms with van der Waals surface area (Å²) < 4.78 is 14.9. The average Bonchev–Trinajstić information content (AvgIpc) is 2.90. The summed E-state index contributed by atoms with van der Waals surface area (Å²) in [5.41, 5.74) is 2.67. The van der Waals surface area contributed by atoms with Crippen LogP contribution in [0.1, 0.15) is 10.4 Å². The summed E-state index contributed by atoms with van der Waals surface area (Å²) in [4.78, 5) is 19.6. The SMILES string of the molecule is Cn1cnc(-c2cc(C(=O)O)ccn2)c1-c1ccc(F)cc1. The summed E-state index contributed by atoms with van der Waals surface area (Å²) in [6.45, 7) is 0. The summed E-state index contributed by atoms with van der Waals surface area (Å²) in [6.07, 6.45) is 3.05. The molecule has 0 saturated heterocycles. The molecule has 0 unspecified atom stereocenters. The van der Waals surface area contributed by atoms with Crippen LogP contribution < -0.4 is 0 Å². The van der Waals surface area contributed by atoms with Gasteiger partial charge in [-0.1, -0.05) is 0 Å². The van der Waals surface area contributed by atoms with Gasteiger partial charge in [0.2, 0.25) is 0 Å². The molecule has 1 N–H and O–H groups in total. The number of carboxylic acid groups (broad SMARTS) is 1. The number of nitrogens with zero attached hydrogens (tertiary/aromatic N) is 3. The Balaban J connectivity index is 2.15. The first-order valence-corrected chi connectivity index (χ1v) is 6.53. The van der Waals surface area contributed by atoms with E-state index in [1.165, 1.54) is 30.5 Å². The van der Waals surface area contributed by atoms with Crippen molar-refractivity contribution in [2.75, 3.05) is 0 Å². The van der Waals surface area contributed by atoms with Crippen LogP contribution in [0.4, 0.5) is 4.39 Å².